The van der Waals surface area contributed by atoms with E-state index in [0.29, 0.717) is 6.42 Å². The van der Waals surface area contributed by atoms with Gasteiger partial charge >= 0.3 is 6.09 Å². The van der Waals surface area contributed by atoms with Gasteiger partial charge in [-0.1, -0.05) is 13.5 Å². The maximum Gasteiger partial charge on any atom is 0.467 e. The molecule has 0 N–H and O–H groups in total. The van der Waals surface area contributed by atoms with Crippen molar-refractivity contribution in [2.24, 2.45) is 0 Å². The average molecular weight is 172 g/mol. The van der Waals surface area contributed by atoms with Crippen molar-refractivity contribution in [3.8, 4) is 0 Å². The predicted octanol–water partition coefficient (Wildman–Crippen LogP) is -0.314. The molecule has 12 heavy (non-hydrogen) atoms. The number of carbonyl (C=O) groups excluding carboxylic acids is 2. The molecule has 1 aliphatic heterocycles. The molecule has 0 aromatic carbocycles. The monoisotopic (exact) mass is 172 g/mol. The summed E-state index contributed by atoms with van der Waals surface area (Å²) < 4.78 is 0. The van der Waals surface area contributed by atoms with Crippen molar-refractivity contribution in [3.05, 3.63) is 12.2 Å². The molecule has 1 amide bonds. The van der Waals surface area contributed by atoms with E-state index in [1.165, 1.54) is 0 Å². The summed E-state index contributed by atoms with van der Waals surface area (Å²) in [5.74, 6) is -1.15. The molecule has 1 fully saturated rings. The Labute approximate surface area is 70.2 Å². The fourth-order valence-electron chi connectivity index (χ4n) is 0.241. The van der Waals surface area contributed by atoms with Crippen LogP contribution in [0.2, 0.25) is 0 Å². The van der Waals surface area contributed by atoms with Gasteiger partial charge in [-0.3, -0.25) is 0 Å². The number of hydroxylamine groups is 2. The number of hydrogen-bond acceptors (Lipinski definition) is 4. The van der Waals surface area contributed by atoms with Gasteiger partial charge < -0.3 is 14.7 Å². The minimum atomic E-state index is -1.15. The lowest BCUT2D eigenvalue weighted by Gasteiger charge is -1.98. The Morgan fingerprint density at radius 3 is 2.08 bits per heavy atom. The zero-order chi connectivity index (χ0) is 9.72. The van der Waals surface area contributed by atoms with Crippen molar-refractivity contribution in [2.75, 3.05) is 7.05 Å². The molecule has 0 unspecified atom stereocenters. The molecule has 0 radical (unpaired) electrons. The summed E-state index contributed by atoms with van der Waals surface area (Å²) in [5.41, 5.74) is 0.153. The fraction of sp³-hybridized carbons (Fsp3) is 0.429. The number of hydrogen-bond donors (Lipinski definition) is 0. The van der Waals surface area contributed by atoms with Crippen molar-refractivity contribution in [1.29, 1.82) is 0 Å². The molecule has 1 heterocycles. The van der Waals surface area contributed by atoms with E-state index in [0.717, 1.165) is 5.06 Å². The summed E-state index contributed by atoms with van der Waals surface area (Å²) in [7, 11) is 1.56. The fourth-order valence-corrected chi connectivity index (χ4v) is 0.241. The molecule has 5 nitrogen and oxygen atoms in total. The second-order valence-electron chi connectivity index (χ2n) is 2.10. The van der Waals surface area contributed by atoms with E-state index in [-0.39, 0.29) is 11.7 Å². The number of carboxylic acids is 1. The topological polar surface area (TPSA) is 72.7 Å². The Balaban J connectivity index is 0.000000211. The first-order valence-corrected chi connectivity index (χ1v) is 3.33. The lowest BCUT2D eigenvalue weighted by atomic mass is 10.2. The van der Waals surface area contributed by atoms with Crippen molar-refractivity contribution in [1.82, 2.24) is 5.06 Å². The van der Waals surface area contributed by atoms with E-state index < -0.39 is 5.97 Å². The number of rotatable bonds is 2. The Kier molecular flexibility index (Phi) is 3.82. The first kappa shape index (κ1) is 10.5. The Morgan fingerprint density at radius 2 is 2.08 bits per heavy atom. The first-order chi connectivity index (χ1) is 5.49. The van der Waals surface area contributed by atoms with Crippen LogP contribution >= 0.6 is 0 Å². The summed E-state index contributed by atoms with van der Waals surface area (Å²) in [6.45, 7) is 4.93. The molecule has 1 rings (SSSR count). The van der Waals surface area contributed by atoms with E-state index >= 15 is 0 Å². The molecule has 0 saturated carbocycles. The number of amides is 1. The third-order valence-electron chi connectivity index (χ3n) is 1.16. The van der Waals surface area contributed by atoms with Crippen LogP contribution in [0.1, 0.15) is 13.3 Å². The van der Waals surface area contributed by atoms with Crippen molar-refractivity contribution in [2.45, 2.75) is 13.3 Å². The van der Waals surface area contributed by atoms with Crippen molar-refractivity contribution >= 4 is 12.1 Å². The Bertz CT molecular complexity index is 211. The summed E-state index contributed by atoms with van der Waals surface area (Å²) in [4.78, 5) is 23.4. The van der Waals surface area contributed by atoms with Crippen LogP contribution in [0, 0.1) is 0 Å². The lowest BCUT2D eigenvalue weighted by Crippen LogP contribution is -2.23. The van der Waals surface area contributed by atoms with Crippen molar-refractivity contribution in [3.63, 3.8) is 0 Å². The summed E-state index contributed by atoms with van der Waals surface area (Å²) in [6, 6.07) is 0. The van der Waals surface area contributed by atoms with Crippen LogP contribution in [-0.4, -0.2) is 24.2 Å². The maximum atomic E-state index is 9.72. The number of aliphatic carboxylic acids is 1. The van der Waals surface area contributed by atoms with Crippen LogP contribution in [0.5, 0.6) is 0 Å². The van der Waals surface area contributed by atoms with E-state index in [9.17, 15) is 14.7 Å². The molecule has 1 saturated heterocycles. The van der Waals surface area contributed by atoms with Crippen LogP contribution < -0.4 is 5.11 Å². The molecule has 0 bridgehead atoms. The van der Waals surface area contributed by atoms with Crippen LogP contribution in [0.4, 0.5) is 4.79 Å². The SMILES string of the molecule is C=C(CC)C(=O)[O-].CN1OC1=O. The zero-order valence-electron chi connectivity index (χ0n) is 6.99. The normalized spacial score (nSPS) is 12.5. The Hall–Kier alpha value is -1.52. The van der Waals surface area contributed by atoms with Gasteiger partial charge in [0.1, 0.15) is 0 Å². The zero-order valence-corrected chi connectivity index (χ0v) is 6.99. The van der Waals surface area contributed by atoms with Gasteiger partial charge in [0.25, 0.3) is 0 Å². The van der Waals surface area contributed by atoms with Gasteiger partial charge in [-0.05, 0) is 12.0 Å². The van der Waals surface area contributed by atoms with E-state index in [1.807, 2.05) is 0 Å². The maximum absolute atomic E-state index is 9.72. The molecule has 1 aliphatic rings. The van der Waals surface area contributed by atoms with Crippen LogP contribution in [-0.2, 0) is 9.63 Å². The highest BCUT2D eigenvalue weighted by Gasteiger charge is 2.28. The summed E-state index contributed by atoms with van der Waals surface area (Å²) >= 11 is 0. The smallest absolute Gasteiger partial charge is 0.467 e. The lowest BCUT2D eigenvalue weighted by molar-refractivity contribution is -0.299. The molecular weight excluding hydrogens is 162 g/mol. The van der Waals surface area contributed by atoms with Gasteiger partial charge in [-0.15, -0.1) is 5.06 Å². The second-order valence-corrected chi connectivity index (χ2v) is 2.10. The van der Waals surface area contributed by atoms with Crippen LogP contribution in [0.3, 0.4) is 0 Å². The summed E-state index contributed by atoms with van der Waals surface area (Å²) in [5, 5.41) is 10.9. The Morgan fingerprint density at radius 1 is 1.75 bits per heavy atom. The molecule has 0 spiro atoms. The van der Waals surface area contributed by atoms with Crippen LogP contribution in [0.15, 0.2) is 12.2 Å². The van der Waals surface area contributed by atoms with Gasteiger partial charge in [-0.25, -0.2) is 4.79 Å². The molecule has 0 aromatic rings. The quantitative estimate of drug-likeness (QED) is 0.423. The minimum absolute atomic E-state index is 0.153. The van der Waals surface area contributed by atoms with Crippen molar-refractivity contribution < 1.29 is 19.5 Å². The largest absolute Gasteiger partial charge is 0.545 e. The number of carboxylic acid groups (broad SMARTS) is 1. The third-order valence-corrected chi connectivity index (χ3v) is 1.16. The standard InChI is InChI=1S/C5H8O2.C2H3NO2/c1-3-4(2)5(6)7;1-3-2(4)5-3/h2-3H2,1H3,(H,6,7);1H3/p-1. The molecule has 0 atom stereocenters. The van der Waals surface area contributed by atoms with Gasteiger partial charge in [0.15, 0.2) is 0 Å². The average Bonchev–Trinajstić information content (AvgIpc) is 2.64. The highest BCUT2D eigenvalue weighted by Crippen LogP contribution is 2.04. The highest BCUT2D eigenvalue weighted by atomic mass is 16.9. The van der Waals surface area contributed by atoms with E-state index in [2.05, 4.69) is 11.4 Å². The predicted molar refractivity (Wildman–Crippen MR) is 38.7 cm³/mol. The van der Waals surface area contributed by atoms with Gasteiger partial charge in [0.05, 0.1) is 13.0 Å². The summed E-state index contributed by atoms with van der Waals surface area (Å²) in [6.07, 6.45) is 0.215. The highest BCUT2D eigenvalue weighted by molar-refractivity contribution is 5.83. The molecular formula is C7H10NO4-. The number of nitrogens with zero attached hydrogens (tertiary/aromatic N) is 1. The minimum Gasteiger partial charge on any atom is -0.545 e. The van der Waals surface area contributed by atoms with E-state index in [4.69, 9.17) is 0 Å². The molecule has 0 aliphatic carbocycles. The number of carbonyl (C=O) groups is 2. The van der Waals surface area contributed by atoms with Gasteiger partial charge in [-0.2, -0.15) is 0 Å². The van der Waals surface area contributed by atoms with Crippen LogP contribution in [0.25, 0.3) is 0 Å². The second kappa shape index (κ2) is 4.38. The molecule has 68 valence electrons. The van der Waals surface area contributed by atoms with Gasteiger partial charge in [0, 0.05) is 0 Å². The third kappa shape index (κ3) is 4.32. The molecule has 5 heteroatoms. The van der Waals surface area contributed by atoms with Gasteiger partial charge in [0.2, 0.25) is 0 Å². The molecule has 0 aromatic heterocycles. The van der Waals surface area contributed by atoms with E-state index in [1.54, 1.807) is 14.0 Å². The first-order valence-electron chi connectivity index (χ1n) is 3.33.